The third kappa shape index (κ3) is 2.26. The second-order valence-corrected chi connectivity index (χ2v) is 5.42. The minimum Gasteiger partial charge on any atom is -0.344 e. The molecule has 0 spiro atoms. The van der Waals surface area contributed by atoms with Gasteiger partial charge in [-0.3, -0.25) is 4.79 Å². The highest BCUT2D eigenvalue weighted by atomic mass is 32.1. The fourth-order valence-corrected chi connectivity index (χ4v) is 3.20. The van der Waals surface area contributed by atoms with E-state index in [-0.39, 0.29) is 11.9 Å². The number of rotatable bonds is 3. The average Bonchev–Trinajstić information content (AvgIpc) is 3.05. The maximum atomic E-state index is 12.3. The molecule has 0 saturated carbocycles. The van der Waals surface area contributed by atoms with Crippen LogP contribution in [0.25, 0.3) is 0 Å². The predicted molar refractivity (Wildman–Crippen MR) is 74.3 cm³/mol. The van der Waals surface area contributed by atoms with Gasteiger partial charge in [0.05, 0.1) is 11.7 Å². The Balaban J connectivity index is 1.78. The van der Waals surface area contributed by atoms with Crippen LogP contribution in [0.15, 0.2) is 24.3 Å². The number of carbonyl (C=O) groups excluding carboxylic acids is 1. The number of carbonyl (C=O) groups is 1. The van der Waals surface area contributed by atoms with Crippen molar-refractivity contribution in [2.75, 3.05) is 0 Å². The summed E-state index contributed by atoms with van der Waals surface area (Å²) in [6.07, 6.45) is 2.74. The first-order valence-corrected chi connectivity index (χ1v) is 7.26. The van der Waals surface area contributed by atoms with E-state index in [1.165, 1.54) is 22.7 Å². The summed E-state index contributed by atoms with van der Waals surface area (Å²) >= 11 is 1.17. The molecule has 1 amide bonds. The van der Waals surface area contributed by atoms with Crippen molar-refractivity contribution in [1.29, 1.82) is 0 Å². The van der Waals surface area contributed by atoms with Crippen molar-refractivity contribution in [3.63, 3.8) is 0 Å². The van der Waals surface area contributed by atoms with Gasteiger partial charge in [-0.05, 0) is 41.9 Å². The smallest absolute Gasteiger partial charge is 0.265 e. The van der Waals surface area contributed by atoms with Crippen LogP contribution in [0.5, 0.6) is 0 Å². The van der Waals surface area contributed by atoms with Gasteiger partial charge in [0, 0.05) is 0 Å². The quantitative estimate of drug-likeness (QED) is 0.935. The van der Waals surface area contributed by atoms with E-state index in [0.717, 1.165) is 25.0 Å². The standard InChI is InChI=1S/C14H15N3OS/c1-2-11-13(19-17-16-11)14(18)15-12-8-7-9-5-3-4-6-10(9)12/h3-6,12H,2,7-8H2,1H3,(H,15,18). The zero-order valence-corrected chi connectivity index (χ0v) is 11.5. The van der Waals surface area contributed by atoms with Crippen LogP contribution in [0.2, 0.25) is 0 Å². The SMILES string of the molecule is CCc1nnsc1C(=O)NC1CCc2ccccc21. The van der Waals surface area contributed by atoms with Gasteiger partial charge < -0.3 is 5.32 Å². The lowest BCUT2D eigenvalue weighted by Gasteiger charge is -2.13. The molecule has 5 heteroatoms. The first kappa shape index (κ1) is 12.3. The molecular formula is C14H15N3OS. The molecule has 1 unspecified atom stereocenters. The molecule has 0 radical (unpaired) electrons. The second kappa shape index (κ2) is 5.09. The Labute approximate surface area is 116 Å². The summed E-state index contributed by atoms with van der Waals surface area (Å²) in [5, 5.41) is 7.09. The van der Waals surface area contributed by atoms with Gasteiger partial charge in [0.15, 0.2) is 0 Å². The van der Waals surface area contributed by atoms with E-state index in [0.29, 0.717) is 4.88 Å². The van der Waals surface area contributed by atoms with Gasteiger partial charge in [-0.25, -0.2) is 0 Å². The van der Waals surface area contributed by atoms with Gasteiger partial charge in [0.2, 0.25) is 0 Å². The van der Waals surface area contributed by atoms with Crippen LogP contribution in [-0.2, 0) is 12.8 Å². The van der Waals surface area contributed by atoms with Crippen LogP contribution >= 0.6 is 11.5 Å². The summed E-state index contributed by atoms with van der Waals surface area (Å²) in [5.74, 6) is -0.0476. The number of nitrogens with zero attached hydrogens (tertiary/aromatic N) is 2. The summed E-state index contributed by atoms with van der Waals surface area (Å²) in [5.41, 5.74) is 3.37. The van der Waals surface area contributed by atoms with E-state index in [9.17, 15) is 4.79 Å². The fourth-order valence-electron chi connectivity index (χ4n) is 2.54. The molecule has 0 aliphatic heterocycles. The van der Waals surface area contributed by atoms with Crippen LogP contribution in [0, 0.1) is 0 Å². The highest BCUT2D eigenvalue weighted by Gasteiger charge is 2.25. The molecule has 1 N–H and O–H groups in total. The summed E-state index contributed by atoms with van der Waals surface area (Å²) in [6.45, 7) is 1.98. The zero-order chi connectivity index (χ0) is 13.2. The molecule has 98 valence electrons. The maximum Gasteiger partial charge on any atom is 0.265 e. The number of fused-ring (bicyclic) bond motifs is 1. The van der Waals surface area contributed by atoms with E-state index in [2.05, 4.69) is 27.0 Å². The molecular weight excluding hydrogens is 258 g/mol. The van der Waals surface area contributed by atoms with E-state index in [1.54, 1.807) is 0 Å². The number of aryl methyl sites for hydroxylation is 2. The minimum absolute atomic E-state index is 0.0476. The Morgan fingerprint density at radius 1 is 1.47 bits per heavy atom. The Morgan fingerprint density at radius 2 is 2.32 bits per heavy atom. The lowest BCUT2D eigenvalue weighted by molar-refractivity contribution is 0.0939. The average molecular weight is 273 g/mol. The molecule has 0 saturated heterocycles. The van der Waals surface area contributed by atoms with Crippen molar-refractivity contribution in [1.82, 2.24) is 14.9 Å². The van der Waals surface area contributed by atoms with Crippen molar-refractivity contribution in [2.24, 2.45) is 0 Å². The van der Waals surface area contributed by atoms with Gasteiger partial charge in [-0.1, -0.05) is 35.7 Å². The first-order chi connectivity index (χ1) is 9.29. The molecule has 1 aliphatic carbocycles. The summed E-state index contributed by atoms with van der Waals surface area (Å²) in [6, 6.07) is 8.42. The van der Waals surface area contributed by atoms with E-state index >= 15 is 0 Å². The van der Waals surface area contributed by atoms with Crippen LogP contribution in [-0.4, -0.2) is 15.5 Å². The van der Waals surface area contributed by atoms with Crippen molar-refractivity contribution in [3.05, 3.63) is 46.0 Å². The largest absolute Gasteiger partial charge is 0.344 e. The van der Waals surface area contributed by atoms with Crippen molar-refractivity contribution >= 4 is 17.4 Å². The Bertz CT molecular complexity index is 608. The number of benzene rings is 1. The minimum atomic E-state index is -0.0476. The molecule has 2 aromatic rings. The third-order valence-electron chi connectivity index (χ3n) is 3.54. The molecule has 1 atom stereocenters. The van der Waals surface area contributed by atoms with E-state index < -0.39 is 0 Å². The number of hydrogen-bond acceptors (Lipinski definition) is 4. The van der Waals surface area contributed by atoms with Gasteiger partial charge in [-0.2, -0.15) is 0 Å². The molecule has 1 aromatic heterocycles. The van der Waals surface area contributed by atoms with E-state index in [1.807, 2.05) is 19.1 Å². The van der Waals surface area contributed by atoms with Gasteiger partial charge in [-0.15, -0.1) is 5.10 Å². The predicted octanol–water partition coefficient (Wildman–Crippen LogP) is 2.52. The number of hydrogen-bond donors (Lipinski definition) is 1. The molecule has 3 rings (SSSR count). The Morgan fingerprint density at radius 3 is 3.16 bits per heavy atom. The first-order valence-electron chi connectivity index (χ1n) is 6.49. The summed E-state index contributed by atoms with van der Waals surface area (Å²) in [4.78, 5) is 12.9. The number of aromatic nitrogens is 2. The van der Waals surface area contributed by atoms with E-state index in [4.69, 9.17) is 0 Å². The van der Waals surface area contributed by atoms with Crippen LogP contribution in [0.1, 0.15) is 45.9 Å². The van der Waals surface area contributed by atoms with Crippen LogP contribution < -0.4 is 5.32 Å². The van der Waals surface area contributed by atoms with Crippen molar-refractivity contribution in [3.8, 4) is 0 Å². The number of nitrogens with one attached hydrogen (secondary N) is 1. The zero-order valence-electron chi connectivity index (χ0n) is 10.7. The highest BCUT2D eigenvalue weighted by Crippen LogP contribution is 2.31. The molecule has 4 nitrogen and oxygen atoms in total. The van der Waals surface area contributed by atoms with Gasteiger partial charge in [0.25, 0.3) is 5.91 Å². The Hall–Kier alpha value is -1.75. The molecule has 1 heterocycles. The number of amides is 1. The van der Waals surface area contributed by atoms with Crippen LogP contribution in [0.3, 0.4) is 0 Å². The monoisotopic (exact) mass is 273 g/mol. The lowest BCUT2D eigenvalue weighted by Crippen LogP contribution is -2.27. The van der Waals surface area contributed by atoms with Crippen LogP contribution in [0.4, 0.5) is 0 Å². The van der Waals surface area contributed by atoms with Gasteiger partial charge >= 0.3 is 0 Å². The highest BCUT2D eigenvalue weighted by molar-refractivity contribution is 7.08. The Kier molecular flexibility index (Phi) is 3.29. The normalized spacial score (nSPS) is 17.2. The summed E-state index contributed by atoms with van der Waals surface area (Å²) in [7, 11) is 0. The third-order valence-corrected chi connectivity index (χ3v) is 4.30. The second-order valence-electron chi connectivity index (χ2n) is 4.67. The molecule has 19 heavy (non-hydrogen) atoms. The molecule has 1 aromatic carbocycles. The van der Waals surface area contributed by atoms with Gasteiger partial charge in [0.1, 0.15) is 4.88 Å². The fraction of sp³-hybridized carbons (Fsp3) is 0.357. The van der Waals surface area contributed by atoms with Crippen molar-refractivity contribution < 1.29 is 4.79 Å². The lowest BCUT2D eigenvalue weighted by atomic mass is 10.1. The molecule has 0 fully saturated rings. The van der Waals surface area contributed by atoms with Crippen molar-refractivity contribution in [2.45, 2.75) is 32.2 Å². The molecule has 0 bridgehead atoms. The summed E-state index contributed by atoms with van der Waals surface area (Å²) < 4.78 is 3.86. The topological polar surface area (TPSA) is 54.9 Å². The maximum absolute atomic E-state index is 12.3. The molecule has 1 aliphatic rings.